The van der Waals surface area contributed by atoms with E-state index in [0.717, 1.165) is 18.4 Å². The number of nitrogens with one attached hydrogen (secondary N) is 1. The quantitative estimate of drug-likeness (QED) is 0.470. The molecular weight excluding hydrogens is 260 g/mol. The molecule has 1 aliphatic rings. The van der Waals surface area contributed by atoms with Crippen molar-refractivity contribution in [3.63, 3.8) is 0 Å². The van der Waals surface area contributed by atoms with Crippen molar-refractivity contribution in [1.82, 2.24) is 5.32 Å². The monoisotopic (exact) mass is 278 g/mol. The van der Waals surface area contributed by atoms with Crippen LogP contribution in [0.5, 0.6) is 11.5 Å². The van der Waals surface area contributed by atoms with Gasteiger partial charge in [0.2, 0.25) is 0 Å². The first-order valence-corrected chi connectivity index (χ1v) is 6.62. The molecule has 6 heteroatoms. The van der Waals surface area contributed by atoms with E-state index in [1.54, 1.807) is 18.2 Å². The topological polar surface area (TPSA) is 80.2 Å². The van der Waals surface area contributed by atoms with Gasteiger partial charge in [0.15, 0.2) is 6.61 Å². The zero-order valence-corrected chi connectivity index (χ0v) is 11.4. The number of hydrogen-bond donors (Lipinski definition) is 2. The molecule has 0 unspecified atom stereocenters. The highest BCUT2D eigenvalue weighted by Crippen LogP contribution is 2.29. The van der Waals surface area contributed by atoms with Crippen LogP contribution in [0.1, 0.15) is 25.3 Å². The van der Waals surface area contributed by atoms with Crippen molar-refractivity contribution in [1.29, 1.82) is 0 Å². The van der Waals surface area contributed by atoms with E-state index in [-0.39, 0.29) is 19.1 Å². The Labute approximate surface area is 117 Å². The Balaban J connectivity index is 1.87. The molecule has 1 heterocycles. The van der Waals surface area contributed by atoms with Crippen molar-refractivity contribution in [2.45, 2.75) is 19.8 Å². The van der Waals surface area contributed by atoms with E-state index in [0.29, 0.717) is 23.8 Å². The molecule has 0 atom stereocenters. The summed E-state index contributed by atoms with van der Waals surface area (Å²) in [5.74, 6) is 1.01. The number of hydrogen-bond acceptors (Lipinski definition) is 5. The Morgan fingerprint density at radius 2 is 2.40 bits per heavy atom. The van der Waals surface area contributed by atoms with Gasteiger partial charge in [-0.3, -0.25) is 4.79 Å². The van der Waals surface area contributed by atoms with Gasteiger partial charge in [-0.15, -0.1) is 0 Å². The molecule has 1 aromatic rings. The maximum absolute atomic E-state index is 11.5. The van der Waals surface area contributed by atoms with Crippen LogP contribution in [-0.4, -0.2) is 36.6 Å². The van der Waals surface area contributed by atoms with Crippen molar-refractivity contribution < 1.29 is 19.5 Å². The number of oxime groups is 1. The van der Waals surface area contributed by atoms with Gasteiger partial charge < -0.3 is 20.0 Å². The summed E-state index contributed by atoms with van der Waals surface area (Å²) in [5, 5.41) is 14.7. The van der Waals surface area contributed by atoms with Crippen molar-refractivity contribution in [3.8, 4) is 11.5 Å². The van der Waals surface area contributed by atoms with Crippen LogP contribution >= 0.6 is 0 Å². The molecule has 0 aromatic heterocycles. The van der Waals surface area contributed by atoms with Gasteiger partial charge in [0.25, 0.3) is 5.91 Å². The third kappa shape index (κ3) is 3.40. The molecule has 1 aromatic carbocycles. The third-order valence-corrected chi connectivity index (χ3v) is 2.97. The molecule has 0 saturated carbocycles. The Hall–Kier alpha value is -2.24. The molecule has 1 aliphatic heterocycles. The molecule has 20 heavy (non-hydrogen) atoms. The number of benzene rings is 1. The lowest BCUT2D eigenvalue weighted by Gasteiger charge is -2.08. The third-order valence-electron chi connectivity index (χ3n) is 2.97. The second kappa shape index (κ2) is 6.79. The molecule has 108 valence electrons. The van der Waals surface area contributed by atoms with Gasteiger partial charge in [0, 0.05) is 18.2 Å². The van der Waals surface area contributed by atoms with Gasteiger partial charge in [-0.2, -0.15) is 0 Å². The van der Waals surface area contributed by atoms with Crippen LogP contribution < -0.4 is 14.8 Å². The van der Waals surface area contributed by atoms with E-state index in [9.17, 15) is 4.79 Å². The van der Waals surface area contributed by atoms with Gasteiger partial charge in [-0.05, 0) is 18.6 Å². The Kier molecular flexibility index (Phi) is 4.81. The zero-order chi connectivity index (χ0) is 14.4. The van der Waals surface area contributed by atoms with Crippen LogP contribution in [0.15, 0.2) is 23.4 Å². The van der Waals surface area contributed by atoms with E-state index >= 15 is 0 Å². The average molecular weight is 278 g/mol. The fourth-order valence-corrected chi connectivity index (χ4v) is 1.86. The summed E-state index contributed by atoms with van der Waals surface area (Å²) in [6.07, 6.45) is 2.00. The summed E-state index contributed by atoms with van der Waals surface area (Å²) in [4.78, 5) is 11.5. The summed E-state index contributed by atoms with van der Waals surface area (Å²) < 4.78 is 10.8. The molecule has 2 N–H and O–H groups in total. The smallest absolute Gasteiger partial charge is 0.257 e. The fourth-order valence-electron chi connectivity index (χ4n) is 1.86. The van der Waals surface area contributed by atoms with E-state index in [1.165, 1.54) is 0 Å². The molecule has 0 spiro atoms. The van der Waals surface area contributed by atoms with Gasteiger partial charge in [-0.1, -0.05) is 18.5 Å². The van der Waals surface area contributed by atoms with E-state index in [2.05, 4.69) is 17.4 Å². The summed E-state index contributed by atoms with van der Waals surface area (Å²) in [6, 6.07) is 5.16. The number of amides is 1. The second-order valence-corrected chi connectivity index (χ2v) is 4.49. The van der Waals surface area contributed by atoms with Crippen LogP contribution in [0.2, 0.25) is 0 Å². The van der Waals surface area contributed by atoms with Gasteiger partial charge >= 0.3 is 0 Å². The van der Waals surface area contributed by atoms with E-state index in [1.807, 2.05) is 0 Å². The first kappa shape index (κ1) is 14.2. The number of carbonyl (C=O) groups is 1. The molecular formula is C14H18N2O4. The summed E-state index contributed by atoms with van der Waals surface area (Å²) in [6.45, 7) is 2.95. The van der Waals surface area contributed by atoms with Gasteiger partial charge in [0.1, 0.15) is 23.8 Å². The van der Waals surface area contributed by atoms with Gasteiger partial charge in [0.05, 0.1) is 0 Å². The maximum Gasteiger partial charge on any atom is 0.257 e. The minimum atomic E-state index is -0.141. The number of unbranched alkanes of at least 4 members (excludes halogenated alkanes) is 1. The highest BCUT2D eigenvalue weighted by Gasteiger charge is 2.20. The number of fused-ring (bicyclic) bond motifs is 1. The minimum absolute atomic E-state index is 0.0244. The lowest BCUT2D eigenvalue weighted by molar-refractivity contribution is -0.123. The molecule has 0 radical (unpaired) electrons. The van der Waals surface area contributed by atoms with Crippen molar-refractivity contribution in [2.75, 3.05) is 19.8 Å². The SMILES string of the molecule is CCCCNC(=O)COc1ccc2c(c1)OCC2=NO. The number of carbonyl (C=O) groups excluding carboxylic acids is 1. The van der Waals surface area contributed by atoms with Gasteiger partial charge in [-0.25, -0.2) is 0 Å². The standard InChI is InChI=1S/C14H18N2O4/c1-2-3-6-15-14(17)9-19-10-4-5-11-12(16-18)8-20-13(11)7-10/h4-5,7,18H,2-3,6,8-9H2,1H3,(H,15,17). The maximum atomic E-state index is 11.5. The van der Waals surface area contributed by atoms with Crippen LogP contribution in [0.4, 0.5) is 0 Å². The predicted molar refractivity (Wildman–Crippen MR) is 73.7 cm³/mol. The van der Waals surface area contributed by atoms with Crippen molar-refractivity contribution >= 4 is 11.6 Å². The normalized spacial score (nSPS) is 14.8. The Morgan fingerprint density at radius 3 is 3.15 bits per heavy atom. The molecule has 0 saturated heterocycles. The summed E-state index contributed by atoms with van der Waals surface area (Å²) in [7, 11) is 0. The number of rotatable bonds is 6. The largest absolute Gasteiger partial charge is 0.486 e. The first-order chi connectivity index (χ1) is 9.74. The Morgan fingerprint density at radius 1 is 1.55 bits per heavy atom. The molecule has 0 bridgehead atoms. The molecule has 0 aliphatic carbocycles. The van der Waals surface area contributed by atoms with Crippen LogP contribution in [-0.2, 0) is 4.79 Å². The lowest BCUT2D eigenvalue weighted by Crippen LogP contribution is -2.29. The predicted octanol–water partition coefficient (Wildman–Crippen LogP) is 1.55. The second-order valence-electron chi connectivity index (χ2n) is 4.49. The van der Waals surface area contributed by atoms with Crippen molar-refractivity contribution in [3.05, 3.63) is 23.8 Å². The van der Waals surface area contributed by atoms with Crippen LogP contribution in [0, 0.1) is 0 Å². The van der Waals surface area contributed by atoms with E-state index < -0.39 is 0 Å². The van der Waals surface area contributed by atoms with Crippen molar-refractivity contribution in [2.24, 2.45) is 5.16 Å². The number of nitrogens with zero attached hydrogens (tertiary/aromatic N) is 1. The number of ether oxygens (including phenoxy) is 2. The van der Waals surface area contributed by atoms with Crippen LogP contribution in [0.3, 0.4) is 0 Å². The molecule has 0 fully saturated rings. The zero-order valence-electron chi connectivity index (χ0n) is 11.4. The molecule has 2 rings (SSSR count). The molecule has 6 nitrogen and oxygen atoms in total. The van der Waals surface area contributed by atoms with Crippen LogP contribution in [0.25, 0.3) is 0 Å². The van der Waals surface area contributed by atoms with E-state index in [4.69, 9.17) is 14.7 Å². The fraction of sp³-hybridized carbons (Fsp3) is 0.429. The lowest BCUT2D eigenvalue weighted by atomic mass is 10.1. The molecule has 1 amide bonds. The minimum Gasteiger partial charge on any atom is -0.486 e. The first-order valence-electron chi connectivity index (χ1n) is 6.62. The summed E-state index contributed by atoms with van der Waals surface area (Å²) >= 11 is 0. The Bertz CT molecular complexity index is 514. The highest BCUT2D eigenvalue weighted by molar-refractivity contribution is 6.06. The highest BCUT2D eigenvalue weighted by atomic mass is 16.5. The summed E-state index contributed by atoms with van der Waals surface area (Å²) in [5.41, 5.74) is 1.23. The average Bonchev–Trinajstić information content (AvgIpc) is 2.87.